The molecule has 1 atom stereocenters. The molecule has 0 spiro atoms. The van der Waals surface area contributed by atoms with Gasteiger partial charge in [0.15, 0.2) is 0 Å². The van der Waals surface area contributed by atoms with Gasteiger partial charge in [0.1, 0.15) is 11.7 Å². The third kappa shape index (κ3) is 9.53. The summed E-state index contributed by atoms with van der Waals surface area (Å²) in [4.78, 5) is 93.8. The van der Waals surface area contributed by atoms with Gasteiger partial charge in [0.25, 0.3) is 35.0 Å². The third-order valence-electron chi connectivity index (χ3n) is 11.3. The van der Waals surface area contributed by atoms with Crippen LogP contribution in [0.3, 0.4) is 0 Å². The smallest absolute Gasteiger partial charge is 0.326 e. The number of imide groups is 2. The highest BCUT2D eigenvalue weighted by atomic mass is 16.6. The van der Waals surface area contributed by atoms with E-state index < -0.39 is 33.9 Å². The normalized spacial score (nSPS) is 17.4. The second-order valence-electron chi connectivity index (χ2n) is 15.9. The number of nitrogens with one attached hydrogen (secondary N) is 8. The van der Waals surface area contributed by atoms with Crippen molar-refractivity contribution in [1.29, 1.82) is 0 Å². The SMILES string of the molecule is O=C1NC(=O)/C(=C\c2ccc(N/C(=C3\C(=O)Nc4ccc([N+](=O)[O-])cc43)c3ccccc3)cc2)N1.O=C1NC(=O)C(Cc2ccc(N/C(=C3\C(=O)Nc4ccc([N+](=O)[O-])cc43)c3ccccc3)cc2)N1. The Bertz CT molecular complexity index is 3300. The van der Waals surface area contributed by atoms with Crippen LogP contribution in [0.15, 0.2) is 151 Å². The van der Waals surface area contributed by atoms with Gasteiger partial charge in [-0.05, 0) is 64.7 Å². The van der Waals surface area contributed by atoms with Crippen molar-refractivity contribution in [3.63, 3.8) is 0 Å². The van der Waals surface area contributed by atoms with Crippen LogP contribution in [0.1, 0.15) is 33.4 Å². The van der Waals surface area contributed by atoms with Crippen LogP contribution in [-0.4, -0.2) is 51.6 Å². The molecule has 4 heterocycles. The van der Waals surface area contributed by atoms with E-state index in [1.165, 1.54) is 36.4 Å². The zero-order valence-corrected chi connectivity index (χ0v) is 36.2. The number of nitro groups is 2. The lowest BCUT2D eigenvalue weighted by Gasteiger charge is -2.15. The maximum atomic E-state index is 13.0. The maximum Gasteiger partial charge on any atom is 0.326 e. The largest absolute Gasteiger partial charge is 0.354 e. The Labute approximate surface area is 395 Å². The van der Waals surface area contributed by atoms with E-state index in [2.05, 4.69) is 42.5 Å². The first kappa shape index (κ1) is 44.9. The Morgan fingerprint density at radius 3 is 1.44 bits per heavy atom. The number of fused-ring (bicyclic) bond motifs is 2. The number of anilines is 4. The molecular weight excluding hydrogens is 901 g/mol. The lowest BCUT2D eigenvalue weighted by molar-refractivity contribution is -0.385. The number of carbonyl (C=O) groups is 6. The van der Waals surface area contributed by atoms with Gasteiger partial charge in [0, 0.05) is 64.6 Å². The number of amides is 8. The first-order valence-electron chi connectivity index (χ1n) is 21.3. The van der Waals surface area contributed by atoms with Crippen LogP contribution in [0, 0.1) is 20.2 Å². The van der Waals surface area contributed by atoms with Crippen molar-refractivity contribution in [3.05, 3.63) is 205 Å². The summed E-state index contributed by atoms with van der Waals surface area (Å²) in [6.45, 7) is 0. The van der Waals surface area contributed by atoms with Crippen molar-refractivity contribution in [2.24, 2.45) is 0 Å². The Hall–Kier alpha value is -10.2. The van der Waals surface area contributed by atoms with Gasteiger partial charge in [-0.25, -0.2) is 9.59 Å². The Morgan fingerprint density at radius 2 is 1.01 bits per heavy atom. The number of hydrogen-bond donors (Lipinski definition) is 8. The van der Waals surface area contributed by atoms with Gasteiger partial charge in [-0.1, -0.05) is 84.9 Å². The Balaban J connectivity index is 0.000000174. The number of hydrogen-bond acceptors (Lipinski definition) is 12. The van der Waals surface area contributed by atoms with E-state index in [1.54, 1.807) is 42.5 Å². The van der Waals surface area contributed by atoms with E-state index in [0.717, 1.165) is 11.1 Å². The fourth-order valence-corrected chi connectivity index (χ4v) is 7.96. The summed E-state index contributed by atoms with van der Waals surface area (Å²) < 4.78 is 0. The number of nitrogens with zero attached hydrogens (tertiary/aromatic N) is 2. The second-order valence-corrected chi connectivity index (χ2v) is 15.9. The standard InChI is InChI=1S/C25H19N5O5.C25H17N5O5/c2*31-23-20(28-25(33)29-23)12-14-6-8-16(9-7-14)26-22(15-4-2-1-3-5-15)21-18-13-17(30(34)35)10-11-19(18)27-24(21)32/h1-11,13,20,26H,12H2,(H,27,32)(H2,28,29,31,33);1-13,26H,(H,27,32)(H2,28,29,31,33)/b22-21-;20-12+,22-21-. The Morgan fingerprint density at radius 1 is 0.529 bits per heavy atom. The molecule has 20 nitrogen and oxygen atoms in total. The number of benzene rings is 6. The zero-order chi connectivity index (χ0) is 49.1. The molecule has 1 unspecified atom stereocenters. The zero-order valence-electron chi connectivity index (χ0n) is 36.2. The maximum absolute atomic E-state index is 13.0. The predicted molar refractivity (Wildman–Crippen MR) is 259 cm³/mol. The van der Waals surface area contributed by atoms with E-state index in [1.807, 2.05) is 72.8 Å². The molecule has 20 heteroatoms. The molecule has 4 aliphatic heterocycles. The molecule has 6 aromatic rings. The number of rotatable bonds is 11. The fourth-order valence-electron chi connectivity index (χ4n) is 7.96. The van der Waals surface area contributed by atoms with Crippen molar-refractivity contribution < 1.29 is 38.6 Å². The van der Waals surface area contributed by atoms with Crippen LogP contribution in [0.2, 0.25) is 0 Å². The number of carbonyl (C=O) groups excluding carboxylic acids is 6. The highest BCUT2D eigenvalue weighted by molar-refractivity contribution is 6.38. The molecule has 0 radical (unpaired) electrons. The van der Waals surface area contributed by atoms with Crippen LogP contribution in [0.5, 0.6) is 0 Å². The van der Waals surface area contributed by atoms with Crippen LogP contribution >= 0.6 is 0 Å². The summed E-state index contributed by atoms with van der Waals surface area (Å²) in [5, 5.41) is 44.1. The summed E-state index contributed by atoms with van der Waals surface area (Å²) in [6.07, 6.45) is 1.88. The summed E-state index contributed by atoms with van der Waals surface area (Å²) in [7, 11) is 0. The minimum Gasteiger partial charge on any atom is -0.354 e. The van der Waals surface area contributed by atoms with E-state index in [4.69, 9.17) is 0 Å². The highest BCUT2D eigenvalue weighted by Gasteiger charge is 2.33. The lowest BCUT2D eigenvalue weighted by atomic mass is 9.99. The molecule has 8 N–H and O–H groups in total. The molecule has 4 aliphatic rings. The molecule has 0 saturated carbocycles. The summed E-state index contributed by atoms with van der Waals surface area (Å²) in [5.41, 5.74) is 7.60. The van der Waals surface area contributed by atoms with Gasteiger partial charge in [0.05, 0.1) is 32.4 Å². The molecule has 6 aromatic carbocycles. The lowest BCUT2D eigenvalue weighted by Crippen LogP contribution is -2.31. The topological polar surface area (TPSA) is 285 Å². The van der Waals surface area contributed by atoms with Gasteiger partial charge in [0.2, 0.25) is 0 Å². The Kier molecular flexibility index (Phi) is 12.2. The highest BCUT2D eigenvalue weighted by Crippen LogP contribution is 2.41. The van der Waals surface area contributed by atoms with Crippen LogP contribution in [0.25, 0.3) is 28.6 Å². The van der Waals surface area contributed by atoms with Crippen molar-refractivity contribution in [2.45, 2.75) is 12.5 Å². The van der Waals surface area contributed by atoms with Crippen molar-refractivity contribution >= 4 is 98.4 Å². The fraction of sp³-hybridized carbons (Fsp3) is 0.0400. The number of nitro benzene ring substituents is 2. The van der Waals surface area contributed by atoms with E-state index in [0.29, 0.717) is 68.4 Å². The van der Waals surface area contributed by atoms with Gasteiger partial charge >= 0.3 is 12.1 Å². The van der Waals surface area contributed by atoms with Gasteiger partial charge in [-0.15, -0.1) is 0 Å². The molecule has 0 bridgehead atoms. The first-order chi connectivity index (χ1) is 33.8. The second kappa shape index (κ2) is 18.9. The van der Waals surface area contributed by atoms with E-state index in [9.17, 15) is 49.0 Å². The average Bonchev–Trinajstić information content (AvgIpc) is 4.07. The van der Waals surface area contributed by atoms with Gasteiger partial charge in [-0.2, -0.15) is 0 Å². The van der Waals surface area contributed by atoms with Gasteiger partial charge in [-0.3, -0.25) is 50.0 Å². The molecule has 8 amide bonds. The summed E-state index contributed by atoms with van der Waals surface area (Å²) in [5.74, 6) is -1.62. The number of non-ortho nitro benzene ring substituents is 2. The molecule has 2 fully saturated rings. The minimum atomic E-state index is -0.627. The van der Waals surface area contributed by atoms with Crippen molar-refractivity contribution in [2.75, 3.05) is 21.3 Å². The molecule has 346 valence electrons. The minimum absolute atomic E-state index is 0.113. The summed E-state index contributed by atoms with van der Waals surface area (Å²) in [6, 6.07) is 39.4. The van der Waals surface area contributed by atoms with Crippen LogP contribution in [0.4, 0.5) is 43.7 Å². The first-order valence-corrected chi connectivity index (χ1v) is 21.3. The predicted octanol–water partition coefficient (Wildman–Crippen LogP) is 6.99. The molecule has 70 heavy (non-hydrogen) atoms. The average molecular weight is 937 g/mol. The third-order valence-corrected chi connectivity index (χ3v) is 11.3. The quantitative estimate of drug-likeness (QED) is 0.0283. The molecule has 2 saturated heterocycles. The van der Waals surface area contributed by atoms with Gasteiger partial charge < -0.3 is 31.9 Å². The van der Waals surface area contributed by atoms with E-state index in [-0.39, 0.29) is 40.4 Å². The van der Waals surface area contributed by atoms with Crippen LogP contribution < -0.4 is 42.5 Å². The van der Waals surface area contributed by atoms with Crippen LogP contribution in [-0.2, 0) is 25.6 Å². The molecule has 10 rings (SSSR count). The monoisotopic (exact) mass is 936 g/mol. The van der Waals surface area contributed by atoms with Crippen molar-refractivity contribution in [3.8, 4) is 0 Å². The molecule has 0 aliphatic carbocycles. The molecule has 0 aromatic heterocycles. The van der Waals surface area contributed by atoms with Crippen molar-refractivity contribution in [1.82, 2.24) is 21.3 Å². The summed E-state index contributed by atoms with van der Waals surface area (Å²) >= 11 is 0. The number of urea groups is 2. The van der Waals surface area contributed by atoms with E-state index >= 15 is 0 Å². The molecular formula is C50H36N10O10.